The highest BCUT2D eigenvalue weighted by Crippen LogP contribution is 2.34. The largest absolute Gasteiger partial charge is 0.309 e. The molecule has 0 bridgehead atoms. The molecule has 2 aromatic rings. The number of halogens is 1. The first kappa shape index (κ1) is 14.2. The molecule has 3 rings (SSSR count). The molecule has 0 radical (unpaired) electrons. The number of H-pyrrole nitrogens is 1. The molecule has 0 amide bonds. The first-order chi connectivity index (χ1) is 9.63. The lowest BCUT2D eigenvalue weighted by atomic mass is 10.0. The molecular formula is C14H16IN3OS. The highest BCUT2D eigenvalue weighted by molar-refractivity contribution is 14.1. The summed E-state index contributed by atoms with van der Waals surface area (Å²) in [6.07, 6.45) is 5.42. The van der Waals surface area contributed by atoms with E-state index < -0.39 is 0 Å². The van der Waals surface area contributed by atoms with Crippen molar-refractivity contribution in [3.8, 4) is 0 Å². The van der Waals surface area contributed by atoms with E-state index in [-0.39, 0.29) is 5.56 Å². The summed E-state index contributed by atoms with van der Waals surface area (Å²) in [5, 5.41) is 3.03. The second kappa shape index (κ2) is 5.93. The van der Waals surface area contributed by atoms with Gasteiger partial charge in [0.05, 0.1) is 15.7 Å². The Bertz CT molecular complexity index is 673. The average Bonchev–Trinajstić information content (AvgIpc) is 3.05. The van der Waals surface area contributed by atoms with Gasteiger partial charge in [-0.2, -0.15) is 0 Å². The Morgan fingerprint density at radius 3 is 2.80 bits per heavy atom. The molecule has 0 atom stereocenters. The topological polar surface area (TPSA) is 58.6 Å². The van der Waals surface area contributed by atoms with Crippen LogP contribution in [0.25, 0.3) is 0 Å². The Balaban J connectivity index is 1.93. The molecule has 0 spiro atoms. The van der Waals surface area contributed by atoms with Crippen molar-refractivity contribution in [1.82, 2.24) is 15.0 Å². The minimum absolute atomic E-state index is 0.00854. The number of thiazole rings is 1. The van der Waals surface area contributed by atoms with Gasteiger partial charge in [-0.3, -0.25) is 4.79 Å². The van der Waals surface area contributed by atoms with E-state index in [9.17, 15) is 4.79 Å². The van der Waals surface area contributed by atoms with Gasteiger partial charge in [0.25, 0.3) is 5.56 Å². The molecule has 1 saturated carbocycles. The second-order valence-corrected chi connectivity index (χ2v) is 7.27. The van der Waals surface area contributed by atoms with E-state index in [1.165, 1.54) is 12.8 Å². The smallest absolute Gasteiger partial charge is 0.264 e. The van der Waals surface area contributed by atoms with Crippen LogP contribution in [-0.2, 0) is 6.42 Å². The van der Waals surface area contributed by atoms with E-state index >= 15 is 0 Å². The maximum Gasteiger partial charge on any atom is 0.264 e. The molecule has 6 heteroatoms. The van der Waals surface area contributed by atoms with Gasteiger partial charge in [-0.05, 0) is 42.4 Å². The minimum Gasteiger partial charge on any atom is -0.309 e. The monoisotopic (exact) mass is 401 g/mol. The summed E-state index contributed by atoms with van der Waals surface area (Å²) in [6, 6.07) is 0. The van der Waals surface area contributed by atoms with Gasteiger partial charge in [-0.1, -0.05) is 12.8 Å². The molecule has 0 unspecified atom stereocenters. The van der Waals surface area contributed by atoms with Crippen molar-refractivity contribution in [2.45, 2.75) is 44.9 Å². The number of hydrogen-bond donors (Lipinski definition) is 1. The Morgan fingerprint density at radius 1 is 1.40 bits per heavy atom. The quantitative estimate of drug-likeness (QED) is 0.803. The number of aryl methyl sites for hydroxylation is 1. The standard InChI is InChI=1S/C14H16IN3OS/c1-8-7-20-11(16-8)6-10-17-13(9-4-2-3-5-9)12(15)14(19)18-10/h7,9H,2-6H2,1H3,(H,17,18,19). The number of rotatable bonds is 3. The van der Waals surface area contributed by atoms with Gasteiger partial charge in [0.1, 0.15) is 10.8 Å². The molecule has 0 aliphatic heterocycles. The summed E-state index contributed by atoms with van der Waals surface area (Å²) in [6.45, 7) is 1.98. The van der Waals surface area contributed by atoms with Crippen LogP contribution in [0, 0.1) is 10.5 Å². The van der Waals surface area contributed by atoms with E-state index in [2.05, 4.69) is 32.6 Å². The summed E-state index contributed by atoms with van der Waals surface area (Å²) in [5.41, 5.74) is 2.01. The van der Waals surface area contributed by atoms with Gasteiger partial charge < -0.3 is 4.98 Å². The molecule has 0 aromatic carbocycles. The Kier molecular flexibility index (Phi) is 4.21. The van der Waals surface area contributed by atoms with Crippen molar-refractivity contribution < 1.29 is 0 Å². The van der Waals surface area contributed by atoms with Gasteiger partial charge in [0.15, 0.2) is 0 Å². The second-order valence-electron chi connectivity index (χ2n) is 5.25. The number of hydrogen-bond acceptors (Lipinski definition) is 4. The molecule has 20 heavy (non-hydrogen) atoms. The van der Waals surface area contributed by atoms with Crippen LogP contribution in [0.3, 0.4) is 0 Å². The SMILES string of the molecule is Cc1csc(Cc2nc(C3CCCC3)c(I)c(=O)[nH]2)n1. The third-order valence-corrected chi connectivity index (χ3v) is 5.67. The van der Waals surface area contributed by atoms with Gasteiger partial charge in [-0.15, -0.1) is 11.3 Å². The predicted molar refractivity (Wildman–Crippen MR) is 88.4 cm³/mol. The van der Waals surface area contributed by atoms with E-state index in [1.807, 2.05) is 12.3 Å². The van der Waals surface area contributed by atoms with E-state index in [1.54, 1.807) is 11.3 Å². The lowest BCUT2D eigenvalue weighted by molar-refractivity contribution is 0.676. The lowest BCUT2D eigenvalue weighted by Crippen LogP contribution is -2.19. The van der Waals surface area contributed by atoms with Crippen LogP contribution in [0.1, 0.15) is 53.8 Å². The summed E-state index contributed by atoms with van der Waals surface area (Å²) in [5.74, 6) is 1.20. The Hall–Kier alpha value is -0.760. The van der Waals surface area contributed by atoms with E-state index in [4.69, 9.17) is 4.98 Å². The summed E-state index contributed by atoms with van der Waals surface area (Å²) in [4.78, 5) is 24.1. The van der Waals surface area contributed by atoms with Gasteiger partial charge in [0, 0.05) is 17.0 Å². The van der Waals surface area contributed by atoms with Crippen LogP contribution in [0.4, 0.5) is 0 Å². The predicted octanol–water partition coefficient (Wildman–Crippen LogP) is 3.39. The first-order valence-electron chi connectivity index (χ1n) is 6.83. The maximum absolute atomic E-state index is 12.1. The fourth-order valence-corrected chi connectivity index (χ4v) is 4.18. The molecule has 1 N–H and O–H groups in total. The summed E-state index contributed by atoms with van der Waals surface area (Å²) in [7, 11) is 0. The zero-order valence-corrected chi connectivity index (χ0v) is 14.3. The average molecular weight is 401 g/mol. The van der Waals surface area contributed by atoms with Crippen LogP contribution in [0.2, 0.25) is 0 Å². The highest BCUT2D eigenvalue weighted by atomic mass is 127. The number of nitrogens with one attached hydrogen (secondary N) is 1. The van der Waals surface area contributed by atoms with Crippen LogP contribution in [0.5, 0.6) is 0 Å². The molecule has 106 valence electrons. The third kappa shape index (κ3) is 2.95. The fourth-order valence-electron chi connectivity index (χ4n) is 2.71. The van der Waals surface area contributed by atoms with Crippen LogP contribution in [0.15, 0.2) is 10.2 Å². The maximum atomic E-state index is 12.1. The van der Waals surface area contributed by atoms with Crippen molar-refractivity contribution in [2.75, 3.05) is 0 Å². The van der Waals surface area contributed by atoms with E-state index in [0.717, 1.165) is 38.6 Å². The molecule has 2 aromatic heterocycles. The van der Waals surface area contributed by atoms with Gasteiger partial charge in [0.2, 0.25) is 0 Å². The summed E-state index contributed by atoms with van der Waals surface area (Å²) < 4.78 is 0.758. The third-order valence-electron chi connectivity index (χ3n) is 3.66. The van der Waals surface area contributed by atoms with Crippen molar-refractivity contribution in [2.24, 2.45) is 0 Å². The molecular weight excluding hydrogens is 385 g/mol. The molecule has 1 fully saturated rings. The fraction of sp³-hybridized carbons (Fsp3) is 0.500. The van der Waals surface area contributed by atoms with Crippen LogP contribution in [-0.4, -0.2) is 15.0 Å². The number of aromatic amines is 1. The van der Waals surface area contributed by atoms with Crippen LogP contribution < -0.4 is 5.56 Å². The molecule has 0 saturated heterocycles. The van der Waals surface area contributed by atoms with Gasteiger partial charge >= 0.3 is 0 Å². The van der Waals surface area contributed by atoms with Crippen molar-refractivity contribution in [1.29, 1.82) is 0 Å². The molecule has 1 aliphatic carbocycles. The lowest BCUT2D eigenvalue weighted by Gasteiger charge is -2.11. The van der Waals surface area contributed by atoms with Crippen molar-refractivity contribution in [3.05, 3.63) is 41.5 Å². The number of aromatic nitrogens is 3. The van der Waals surface area contributed by atoms with Gasteiger partial charge in [-0.25, -0.2) is 9.97 Å². The van der Waals surface area contributed by atoms with E-state index in [0.29, 0.717) is 12.3 Å². The zero-order valence-electron chi connectivity index (χ0n) is 11.3. The molecule has 1 aliphatic rings. The zero-order chi connectivity index (χ0) is 14.1. The highest BCUT2D eigenvalue weighted by Gasteiger charge is 2.23. The Morgan fingerprint density at radius 2 is 2.15 bits per heavy atom. The summed E-state index contributed by atoms with van der Waals surface area (Å²) >= 11 is 3.74. The minimum atomic E-state index is -0.00854. The van der Waals surface area contributed by atoms with Crippen molar-refractivity contribution >= 4 is 33.9 Å². The van der Waals surface area contributed by atoms with Crippen molar-refractivity contribution in [3.63, 3.8) is 0 Å². The Labute approximate surface area is 135 Å². The molecule has 2 heterocycles. The number of nitrogens with zero attached hydrogens (tertiary/aromatic N) is 2. The molecule has 4 nitrogen and oxygen atoms in total. The first-order valence-corrected chi connectivity index (χ1v) is 8.79. The van der Waals surface area contributed by atoms with Crippen LogP contribution >= 0.6 is 33.9 Å². The normalized spacial score (nSPS) is 15.9.